The largest absolute Gasteiger partial charge is 0.493 e. The number of hydrogen-bond acceptors (Lipinski definition) is 4. The molecular formula is C17H13FN2O4. The number of rotatable bonds is 4. The van der Waals surface area contributed by atoms with Gasteiger partial charge in [0, 0.05) is 10.9 Å². The van der Waals surface area contributed by atoms with Crippen LogP contribution >= 0.6 is 0 Å². The molecule has 122 valence electrons. The fourth-order valence-electron chi connectivity index (χ4n) is 2.34. The van der Waals surface area contributed by atoms with E-state index in [0.29, 0.717) is 16.7 Å². The number of methoxy groups -OCH3 is 1. The van der Waals surface area contributed by atoms with Crippen LogP contribution in [0.2, 0.25) is 0 Å². The summed E-state index contributed by atoms with van der Waals surface area (Å²) in [7, 11) is 1.46. The SMILES string of the molecule is COc1cccc2c(NC(=O)c3ccc(F)cc3)c(C(N)=O)oc12. The van der Waals surface area contributed by atoms with E-state index in [0.717, 1.165) is 0 Å². The number of fused-ring (bicyclic) bond motifs is 1. The van der Waals surface area contributed by atoms with Crippen molar-refractivity contribution < 1.29 is 23.1 Å². The Morgan fingerprint density at radius 1 is 1.17 bits per heavy atom. The number of para-hydroxylation sites is 1. The van der Waals surface area contributed by atoms with Gasteiger partial charge in [-0.05, 0) is 36.4 Å². The quantitative estimate of drug-likeness (QED) is 0.770. The number of benzene rings is 2. The fourth-order valence-corrected chi connectivity index (χ4v) is 2.34. The van der Waals surface area contributed by atoms with E-state index in [1.807, 2.05) is 0 Å². The number of nitrogens with one attached hydrogen (secondary N) is 1. The molecule has 0 aliphatic carbocycles. The third-order valence-corrected chi connectivity index (χ3v) is 3.47. The van der Waals surface area contributed by atoms with Crippen molar-refractivity contribution in [3.05, 3.63) is 59.6 Å². The van der Waals surface area contributed by atoms with Crippen LogP contribution in [0.5, 0.6) is 5.75 Å². The molecule has 1 heterocycles. The van der Waals surface area contributed by atoms with E-state index in [-0.39, 0.29) is 17.0 Å². The normalized spacial score (nSPS) is 10.6. The van der Waals surface area contributed by atoms with Crippen LogP contribution in [0, 0.1) is 5.82 Å². The first kappa shape index (κ1) is 15.5. The van der Waals surface area contributed by atoms with Gasteiger partial charge in [-0.1, -0.05) is 6.07 Å². The Bertz CT molecular complexity index is 932. The van der Waals surface area contributed by atoms with Gasteiger partial charge in [0.05, 0.1) is 7.11 Å². The Morgan fingerprint density at radius 2 is 1.88 bits per heavy atom. The predicted octanol–water partition coefficient (Wildman–Crippen LogP) is 2.93. The third kappa shape index (κ3) is 2.67. The molecule has 0 atom stereocenters. The van der Waals surface area contributed by atoms with Crippen LogP contribution in [0.15, 0.2) is 46.9 Å². The summed E-state index contributed by atoms with van der Waals surface area (Å²) in [6.45, 7) is 0. The van der Waals surface area contributed by atoms with E-state index < -0.39 is 17.6 Å². The smallest absolute Gasteiger partial charge is 0.286 e. The number of nitrogens with two attached hydrogens (primary N) is 1. The van der Waals surface area contributed by atoms with Crippen molar-refractivity contribution in [3.8, 4) is 5.75 Å². The maximum atomic E-state index is 13.0. The Labute approximate surface area is 136 Å². The van der Waals surface area contributed by atoms with Gasteiger partial charge in [0.25, 0.3) is 11.8 Å². The Kier molecular flexibility index (Phi) is 3.91. The maximum absolute atomic E-state index is 13.0. The summed E-state index contributed by atoms with van der Waals surface area (Å²) >= 11 is 0. The zero-order chi connectivity index (χ0) is 17.3. The van der Waals surface area contributed by atoms with E-state index in [2.05, 4.69) is 5.32 Å². The molecule has 24 heavy (non-hydrogen) atoms. The highest BCUT2D eigenvalue weighted by atomic mass is 19.1. The highest BCUT2D eigenvalue weighted by Gasteiger charge is 2.22. The van der Waals surface area contributed by atoms with Crippen molar-refractivity contribution in [3.63, 3.8) is 0 Å². The van der Waals surface area contributed by atoms with E-state index in [1.165, 1.54) is 31.4 Å². The monoisotopic (exact) mass is 328 g/mol. The number of furan rings is 1. The fraction of sp³-hybridized carbons (Fsp3) is 0.0588. The number of halogens is 1. The molecule has 0 fully saturated rings. The lowest BCUT2D eigenvalue weighted by Crippen LogP contribution is -2.17. The summed E-state index contributed by atoms with van der Waals surface area (Å²) in [5.41, 5.74) is 5.99. The molecule has 1 aromatic heterocycles. The molecular weight excluding hydrogens is 315 g/mol. The third-order valence-electron chi connectivity index (χ3n) is 3.47. The van der Waals surface area contributed by atoms with Crippen LogP contribution in [-0.4, -0.2) is 18.9 Å². The average Bonchev–Trinajstić information content (AvgIpc) is 2.94. The lowest BCUT2D eigenvalue weighted by atomic mass is 10.1. The molecule has 0 radical (unpaired) electrons. The summed E-state index contributed by atoms with van der Waals surface area (Å²) in [6, 6.07) is 10.0. The molecule has 0 aliphatic heterocycles. The van der Waals surface area contributed by atoms with Crippen LogP contribution in [0.25, 0.3) is 11.0 Å². The standard InChI is InChI=1S/C17H13FN2O4/c1-23-12-4-2-3-11-13(15(16(19)21)24-14(11)12)20-17(22)9-5-7-10(18)8-6-9/h2-8H,1H3,(H2,19,21)(H,20,22). The Morgan fingerprint density at radius 3 is 2.50 bits per heavy atom. The first-order valence-corrected chi connectivity index (χ1v) is 6.97. The zero-order valence-corrected chi connectivity index (χ0v) is 12.6. The van der Waals surface area contributed by atoms with Crippen LogP contribution in [0.4, 0.5) is 10.1 Å². The maximum Gasteiger partial charge on any atom is 0.286 e. The van der Waals surface area contributed by atoms with Crippen LogP contribution in [-0.2, 0) is 0 Å². The number of amides is 2. The first-order chi connectivity index (χ1) is 11.5. The van der Waals surface area contributed by atoms with Gasteiger partial charge in [0.2, 0.25) is 5.76 Å². The van der Waals surface area contributed by atoms with Gasteiger partial charge in [-0.25, -0.2) is 4.39 Å². The molecule has 2 amide bonds. The van der Waals surface area contributed by atoms with Gasteiger partial charge >= 0.3 is 0 Å². The molecule has 0 saturated heterocycles. The Balaban J connectivity index is 2.07. The van der Waals surface area contributed by atoms with Crippen molar-refractivity contribution in [2.45, 2.75) is 0 Å². The molecule has 0 aliphatic rings. The topological polar surface area (TPSA) is 94.6 Å². The van der Waals surface area contributed by atoms with Gasteiger partial charge in [-0.3, -0.25) is 9.59 Å². The summed E-state index contributed by atoms with van der Waals surface area (Å²) in [6.07, 6.45) is 0. The minimum atomic E-state index is -0.831. The lowest BCUT2D eigenvalue weighted by molar-refractivity contribution is 0.0977. The molecule has 0 saturated carbocycles. The number of anilines is 1. The molecule has 3 aromatic rings. The van der Waals surface area contributed by atoms with Gasteiger partial charge in [-0.15, -0.1) is 0 Å². The number of primary amides is 1. The van der Waals surface area contributed by atoms with E-state index in [4.69, 9.17) is 14.9 Å². The van der Waals surface area contributed by atoms with Crippen LogP contribution < -0.4 is 15.8 Å². The second-order valence-electron chi connectivity index (χ2n) is 4.97. The second kappa shape index (κ2) is 6.04. The van der Waals surface area contributed by atoms with Gasteiger partial charge < -0.3 is 20.2 Å². The zero-order valence-electron chi connectivity index (χ0n) is 12.6. The highest BCUT2D eigenvalue weighted by Crippen LogP contribution is 2.36. The lowest BCUT2D eigenvalue weighted by Gasteiger charge is -2.05. The summed E-state index contributed by atoms with van der Waals surface area (Å²) in [5, 5.41) is 3.06. The average molecular weight is 328 g/mol. The van der Waals surface area contributed by atoms with Crippen LogP contribution in [0.1, 0.15) is 20.9 Å². The number of ether oxygens (including phenoxy) is 1. The second-order valence-corrected chi connectivity index (χ2v) is 4.97. The number of carbonyl (C=O) groups is 2. The molecule has 0 bridgehead atoms. The minimum absolute atomic E-state index is 0.144. The van der Waals surface area contributed by atoms with Crippen molar-refractivity contribution in [2.24, 2.45) is 5.73 Å². The van der Waals surface area contributed by atoms with Gasteiger partial charge in [-0.2, -0.15) is 0 Å². The molecule has 3 rings (SSSR count). The summed E-state index contributed by atoms with van der Waals surface area (Å²) in [4.78, 5) is 24.0. The van der Waals surface area contributed by atoms with E-state index >= 15 is 0 Å². The molecule has 6 nitrogen and oxygen atoms in total. The first-order valence-electron chi connectivity index (χ1n) is 6.97. The molecule has 3 N–H and O–H groups in total. The van der Waals surface area contributed by atoms with E-state index in [9.17, 15) is 14.0 Å². The summed E-state index contributed by atoms with van der Waals surface area (Å²) < 4.78 is 23.6. The van der Waals surface area contributed by atoms with E-state index in [1.54, 1.807) is 18.2 Å². The molecule has 7 heteroatoms. The Hall–Kier alpha value is -3.35. The van der Waals surface area contributed by atoms with Gasteiger partial charge in [0.15, 0.2) is 11.3 Å². The van der Waals surface area contributed by atoms with Crippen molar-refractivity contribution in [1.82, 2.24) is 0 Å². The van der Waals surface area contributed by atoms with Crippen molar-refractivity contribution in [1.29, 1.82) is 0 Å². The van der Waals surface area contributed by atoms with Gasteiger partial charge in [0.1, 0.15) is 11.5 Å². The minimum Gasteiger partial charge on any atom is -0.493 e. The number of hydrogen-bond donors (Lipinski definition) is 2. The predicted molar refractivity (Wildman–Crippen MR) is 85.6 cm³/mol. The van der Waals surface area contributed by atoms with Crippen molar-refractivity contribution in [2.75, 3.05) is 12.4 Å². The van der Waals surface area contributed by atoms with Crippen LogP contribution in [0.3, 0.4) is 0 Å². The number of carbonyl (C=O) groups excluding carboxylic acids is 2. The summed E-state index contributed by atoms with van der Waals surface area (Å²) in [5.74, 6) is -1.60. The molecule has 0 spiro atoms. The van der Waals surface area contributed by atoms with Crippen molar-refractivity contribution >= 4 is 28.5 Å². The molecule has 0 unspecified atom stereocenters. The molecule has 2 aromatic carbocycles. The highest BCUT2D eigenvalue weighted by molar-refractivity contribution is 6.14.